The summed E-state index contributed by atoms with van der Waals surface area (Å²) < 4.78 is 0. The molecule has 0 unspecified atom stereocenters. The molecule has 0 heterocycles. The third-order valence-corrected chi connectivity index (χ3v) is 1.20. The van der Waals surface area contributed by atoms with Crippen LogP contribution in [0.25, 0.3) is 0 Å². The Labute approximate surface area is 65.9 Å². The first-order chi connectivity index (χ1) is 5.07. The Bertz CT molecular complexity index is 216. The predicted molar refractivity (Wildman–Crippen MR) is 44.7 cm³/mol. The number of hydrogen-bond acceptors (Lipinski definition) is 2. The molecule has 0 radical (unpaired) electrons. The molecule has 0 aromatic heterocycles. The molecule has 0 saturated carbocycles. The summed E-state index contributed by atoms with van der Waals surface area (Å²) in [6, 6.07) is 0. The smallest absolute Gasteiger partial charge is 0.258 e. The molecule has 11 heavy (non-hydrogen) atoms. The zero-order valence-electron chi connectivity index (χ0n) is 6.54. The van der Waals surface area contributed by atoms with Gasteiger partial charge in [0.2, 0.25) is 0 Å². The fourth-order valence-corrected chi connectivity index (χ4v) is 0.393. The van der Waals surface area contributed by atoms with Gasteiger partial charge in [-0.25, -0.2) is 0 Å². The van der Waals surface area contributed by atoms with E-state index in [9.17, 15) is 10.1 Å². The Morgan fingerprint density at radius 2 is 2.09 bits per heavy atom. The Morgan fingerprint density at radius 3 is 2.45 bits per heavy atom. The van der Waals surface area contributed by atoms with Gasteiger partial charge in [-0.3, -0.25) is 10.1 Å². The molecule has 0 aliphatic rings. The van der Waals surface area contributed by atoms with Gasteiger partial charge in [-0.2, -0.15) is 0 Å². The molecular formula is C8H11NO2. The van der Waals surface area contributed by atoms with E-state index in [1.165, 1.54) is 6.08 Å². The molecule has 3 nitrogen and oxygen atoms in total. The topological polar surface area (TPSA) is 43.1 Å². The lowest BCUT2D eigenvalue weighted by Crippen LogP contribution is -1.92. The first kappa shape index (κ1) is 9.62. The summed E-state index contributed by atoms with van der Waals surface area (Å²) in [6.45, 7) is 8.82. The fourth-order valence-electron chi connectivity index (χ4n) is 0.393. The molecule has 0 spiro atoms. The highest BCUT2D eigenvalue weighted by Gasteiger charge is 1.98. The van der Waals surface area contributed by atoms with Crippen molar-refractivity contribution >= 4 is 0 Å². The van der Waals surface area contributed by atoms with E-state index < -0.39 is 4.92 Å². The summed E-state index contributed by atoms with van der Waals surface area (Å²) in [5.41, 5.74) is 0.743. The van der Waals surface area contributed by atoms with Gasteiger partial charge in [-0.05, 0) is 13.0 Å². The zero-order chi connectivity index (χ0) is 8.85. The van der Waals surface area contributed by atoms with Crippen LogP contribution < -0.4 is 0 Å². The highest BCUT2D eigenvalue weighted by Crippen LogP contribution is 2.01. The van der Waals surface area contributed by atoms with Crippen molar-refractivity contribution < 1.29 is 4.92 Å². The van der Waals surface area contributed by atoms with Gasteiger partial charge in [0.05, 0.1) is 4.92 Å². The van der Waals surface area contributed by atoms with Crippen molar-refractivity contribution in [2.45, 2.75) is 13.3 Å². The molecule has 0 aliphatic heterocycles. The van der Waals surface area contributed by atoms with E-state index in [-0.39, 0.29) is 5.70 Å². The SMILES string of the molecule is C=C(/C=C\C(=C)[N+](=O)[O-])CC. The third kappa shape index (κ3) is 4.08. The quantitative estimate of drug-likeness (QED) is 0.353. The first-order valence-electron chi connectivity index (χ1n) is 3.27. The molecular weight excluding hydrogens is 142 g/mol. The van der Waals surface area contributed by atoms with Gasteiger partial charge in [0.25, 0.3) is 5.70 Å². The summed E-state index contributed by atoms with van der Waals surface area (Å²) >= 11 is 0. The monoisotopic (exact) mass is 153 g/mol. The predicted octanol–water partition coefficient (Wildman–Crippen LogP) is 2.30. The van der Waals surface area contributed by atoms with Crippen molar-refractivity contribution in [2.24, 2.45) is 0 Å². The van der Waals surface area contributed by atoms with E-state index in [0.717, 1.165) is 12.0 Å². The lowest BCUT2D eigenvalue weighted by Gasteiger charge is -1.89. The molecule has 0 atom stereocenters. The lowest BCUT2D eigenvalue weighted by molar-refractivity contribution is -0.418. The molecule has 0 N–H and O–H groups in total. The molecule has 0 fully saturated rings. The van der Waals surface area contributed by atoms with Gasteiger partial charge in [-0.15, -0.1) is 0 Å². The van der Waals surface area contributed by atoms with Crippen molar-refractivity contribution in [2.75, 3.05) is 0 Å². The first-order valence-corrected chi connectivity index (χ1v) is 3.27. The van der Waals surface area contributed by atoms with E-state index >= 15 is 0 Å². The molecule has 0 bridgehead atoms. The van der Waals surface area contributed by atoms with E-state index in [1.807, 2.05) is 6.92 Å². The Kier molecular flexibility index (Phi) is 3.88. The summed E-state index contributed by atoms with van der Waals surface area (Å²) in [5, 5.41) is 10.0. The summed E-state index contributed by atoms with van der Waals surface area (Å²) in [6.07, 6.45) is 3.75. The highest BCUT2D eigenvalue weighted by atomic mass is 16.6. The molecule has 0 aliphatic carbocycles. The second-order valence-corrected chi connectivity index (χ2v) is 2.09. The normalized spacial score (nSPS) is 9.91. The van der Waals surface area contributed by atoms with Crippen molar-refractivity contribution in [3.63, 3.8) is 0 Å². The minimum Gasteiger partial charge on any atom is -0.258 e. The maximum atomic E-state index is 10.0. The maximum absolute atomic E-state index is 10.0. The maximum Gasteiger partial charge on any atom is 0.262 e. The number of nitro groups is 1. The number of nitrogens with zero attached hydrogens (tertiary/aromatic N) is 1. The Balaban J connectivity index is 4.04. The van der Waals surface area contributed by atoms with Crippen LogP contribution >= 0.6 is 0 Å². The largest absolute Gasteiger partial charge is 0.262 e. The minimum atomic E-state index is -0.528. The van der Waals surface area contributed by atoms with Crippen molar-refractivity contribution in [3.05, 3.63) is 46.7 Å². The van der Waals surface area contributed by atoms with E-state index in [0.29, 0.717) is 0 Å². The number of hydrogen-bond donors (Lipinski definition) is 0. The van der Waals surface area contributed by atoms with Crippen LogP contribution in [0.15, 0.2) is 36.6 Å². The Morgan fingerprint density at radius 1 is 1.55 bits per heavy atom. The van der Waals surface area contributed by atoms with Crippen molar-refractivity contribution in [3.8, 4) is 0 Å². The van der Waals surface area contributed by atoms with Crippen LogP contribution in [0.1, 0.15) is 13.3 Å². The second kappa shape index (κ2) is 4.44. The molecule has 3 heteroatoms. The summed E-state index contributed by atoms with van der Waals surface area (Å²) in [7, 11) is 0. The van der Waals surface area contributed by atoms with Gasteiger partial charge in [0, 0.05) is 6.08 Å². The summed E-state index contributed by atoms with van der Waals surface area (Å²) in [5.74, 6) is 0. The lowest BCUT2D eigenvalue weighted by atomic mass is 10.2. The standard InChI is InChI=1S/C8H11NO2/c1-4-7(2)5-6-8(3)9(10)11/h5-6H,2-4H2,1H3/b6-5-. The van der Waals surface area contributed by atoms with Crippen LogP contribution in [0, 0.1) is 10.1 Å². The fraction of sp³-hybridized carbons (Fsp3) is 0.250. The third-order valence-electron chi connectivity index (χ3n) is 1.20. The van der Waals surface area contributed by atoms with Gasteiger partial charge < -0.3 is 0 Å². The molecule has 0 saturated heterocycles. The Hall–Kier alpha value is -1.38. The second-order valence-electron chi connectivity index (χ2n) is 2.09. The van der Waals surface area contributed by atoms with Crippen LogP contribution in [-0.2, 0) is 0 Å². The van der Waals surface area contributed by atoms with Crippen LogP contribution in [-0.4, -0.2) is 4.92 Å². The average Bonchev–Trinajstić information content (AvgIpc) is 1.99. The molecule has 0 aromatic rings. The molecule has 0 aromatic carbocycles. The van der Waals surface area contributed by atoms with Crippen LogP contribution in [0.2, 0.25) is 0 Å². The van der Waals surface area contributed by atoms with E-state index in [2.05, 4.69) is 13.2 Å². The molecule has 0 rings (SSSR count). The average molecular weight is 153 g/mol. The van der Waals surface area contributed by atoms with E-state index in [4.69, 9.17) is 0 Å². The van der Waals surface area contributed by atoms with Crippen LogP contribution in [0.4, 0.5) is 0 Å². The minimum absolute atomic E-state index is 0.111. The van der Waals surface area contributed by atoms with Crippen LogP contribution in [0.5, 0.6) is 0 Å². The highest BCUT2D eigenvalue weighted by molar-refractivity contribution is 5.20. The molecule has 60 valence electrons. The summed E-state index contributed by atoms with van der Waals surface area (Å²) in [4.78, 5) is 9.50. The number of rotatable bonds is 4. The van der Waals surface area contributed by atoms with Crippen molar-refractivity contribution in [1.29, 1.82) is 0 Å². The van der Waals surface area contributed by atoms with Gasteiger partial charge in [-0.1, -0.05) is 25.2 Å². The van der Waals surface area contributed by atoms with Gasteiger partial charge in [0.15, 0.2) is 0 Å². The van der Waals surface area contributed by atoms with Crippen LogP contribution in [0.3, 0.4) is 0 Å². The van der Waals surface area contributed by atoms with E-state index in [1.54, 1.807) is 6.08 Å². The van der Waals surface area contributed by atoms with Crippen molar-refractivity contribution in [1.82, 2.24) is 0 Å². The van der Waals surface area contributed by atoms with Gasteiger partial charge >= 0.3 is 0 Å². The number of allylic oxidation sites excluding steroid dienone is 3. The zero-order valence-corrected chi connectivity index (χ0v) is 6.54. The van der Waals surface area contributed by atoms with Gasteiger partial charge in [0.1, 0.15) is 0 Å². The molecule has 0 amide bonds.